The Kier molecular flexibility index (Phi) is 4.80. The van der Waals surface area contributed by atoms with Crippen LogP contribution in [0.4, 0.5) is 0 Å². The van der Waals surface area contributed by atoms with Crippen molar-refractivity contribution in [1.29, 1.82) is 0 Å². The smallest absolute Gasteiger partial charge is 0.119 e. The predicted octanol–water partition coefficient (Wildman–Crippen LogP) is 4.32. The molecule has 1 aromatic heterocycles. The van der Waals surface area contributed by atoms with Gasteiger partial charge in [0.2, 0.25) is 0 Å². The highest BCUT2D eigenvalue weighted by atomic mass is 79.9. The minimum Gasteiger partial charge on any atom is -0.493 e. The summed E-state index contributed by atoms with van der Waals surface area (Å²) in [5, 5.41) is 14.0. The fourth-order valence-electron chi connectivity index (χ4n) is 1.68. The van der Waals surface area contributed by atoms with Gasteiger partial charge in [-0.2, -0.15) is 11.3 Å². The molecule has 1 aromatic carbocycles. The van der Waals surface area contributed by atoms with Crippen molar-refractivity contribution < 1.29 is 9.84 Å². The fraction of sp³-hybridized carbons (Fsp3) is 0.286. The summed E-state index contributed by atoms with van der Waals surface area (Å²) in [4.78, 5) is 0. The molecular formula is C14H15BrO2S. The lowest BCUT2D eigenvalue weighted by molar-refractivity contribution is 0.140. The molecule has 18 heavy (non-hydrogen) atoms. The molecular weight excluding hydrogens is 312 g/mol. The zero-order valence-electron chi connectivity index (χ0n) is 10.1. The van der Waals surface area contributed by atoms with E-state index in [0.717, 1.165) is 15.8 Å². The molecule has 1 N–H and O–H groups in total. The summed E-state index contributed by atoms with van der Waals surface area (Å²) in [5.74, 6) is 0.853. The van der Waals surface area contributed by atoms with E-state index >= 15 is 0 Å². The second-order valence-corrected chi connectivity index (χ2v) is 5.74. The van der Waals surface area contributed by atoms with Gasteiger partial charge >= 0.3 is 0 Å². The van der Waals surface area contributed by atoms with Gasteiger partial charge in [0.05, 0.1) is 12.7 Å². The summed E-state index contributed by atoms with van der Waals surface area (Å²) in [5.41, 5.74) is 2.11. The van der Waals surface area contributed by atoms with Crippen molar-refractivity contribution in [1.82, 2.24) is 0 Å². The topological polar surface area (TPSA) is 29.5 Å². The van der Waals surface area contributed by atoms with E-state index in [1.807, 2.05) is 41.9 Å². The Hall–Kier alpha value is -0.840. The Morgan fingerprint density at radius 1 is 1.39 bits per heavy atom. The molecule has 1 unspecified atom stereocenters. The third-order valence-corrected chi connectivity index (χ3v) is 4.40. The molecule has 2 rings (SSSR count). The molecule has 0 aliphatic heterocycles. The van der Waals surface area contributed by atoms with Gasteiger partial charge in [0.15, 0.2) is 0 Å². The molecule has 96 valence electrons. The van der Waals surface area contributed by atoms with Gasteiger partial charge in [-0.3, -0.25) is 0 Å². The van der Waals surface area contributed by atoms with Crippen LogP contribution in [0.15, 0.2) is 39.5 Å². The average molecular weight is 327 g/mol. The summed E-state index contributed by atoms with van der Waals surface area (Å²) < 4.78 is 6.59. The van der Waals surface area contributed by atoms with Gasteiger partial charge in [-0.1, -0.05) is 12.1 Å². The minimum absolute atomic E-state index is 0.476. The number of benzene rings is 1. The maximum atomic E-state index is 10.0. The number of halogens is 1. The second-order valence-electron chi connectivity index (χ2n) is 4.14. The fourth-order valence-corrected chi connectivity index (χ4v) is 3.29. The highest BCUT2D eigenvalue weighted by molar-refractivity contribution is 9.10. The molecule has 0 radical (unpaired) electrons. The maximum Gasteiger partial charge on any atom is 0.119 e. The molecule has 0 fully saturated rings. The van der Waals surface area contributed by atoms with E-state index in [0.29, 0.717) is 13.0 Å². The zero-order chi connectivity index (χ0) is 13.0. The van der Waals surface area contributed by atoms with Crippen LogP contribution < -0.4 is 4.74 Å². The standard InChI is InChI=1S/C14H15BrO2S/c1-10-3-2-4-11(7-10)17-6-5-14(16)12-8-18-9-13(12)15/h2-4,7-9,14,16H,5-6H2,1H3. The molecule has 0 saturated carbocycles. The SMILES string of the molecule is Cc1cccc(OCCC(O)c2cscc2Br)c1. The van der Waals surface area contributed by atoms with E-state index in [1.54, 1.807) is 11.3 Å². The van der Waals surface area contributed by atoms with E-state index in [-0.39, 0.29) is 0 Å². The molecule has 0 bridgehead atoms. The monoisotopic (exact) mass is 326 g/mol. The van der Waals surface area contributed by atoms with Gasteiger partial charge in [0.25, 0.3) is 0 Å². The number of ether oxygens (including phenoxy) is 1. The Morgan fingerprint density at radius 2 is 2.22 bits per heavy atom. The Labute approximate surface area is 119 Å². The van der Waals surface area contributed by atoms with E-state index in [2.05, 4.69) is 15.9 Å². The first kappa shape index (κ1) is 13.6. The Bertz CT molecular complexity index is 510. The summed E-state index contributed by atoms with van der Waals surface area (Å²) in [6.45, 7) is 2.54. The van der Waals surface area contributed by atoms with E-state index < -0.39 is 6.10 Å². The van der Waals surface area contributed by atoms with Gasteiger partial charge < -0.3 is 9.84 Å². The van der Waals surface area contributed by atoms with Crippen LogP contribution in [0.25, 0.3) is 0 Å². The number of aliphatic hydroxyl groups excluding tert-OH is 1. The third-order valence-electron chi connectivity index (χ3n) is 2.65. The van der Waals surface area contributed by atoms with Crippen LogP contribution in [0.3, 0.4) is 0 Å². The molecule has 0 aliphatic carbocycles. The summed E-state index contributed by atoms with van der Waals surface area (Å²) in [6, 6.07) is 7.92. The molecule has 1 heterocycles. The van der Waals surface area contributed by atoms with Crippen molar-refractivity contribution in [3.05, 3.63) is 50.6 Å². The first-order chi connectivity index (χ1) is 8.66. The van der Waals surface area contributed by atoms with Crippen molar-refractivity contribution >= 4 is 27.3 Å². The van der Waals surface area contributed by atoms with Crippen molar-refractivity contribution in [2.45, 2.75) is 19.4 Å². The van der Waals surface area contributed by atoms with Crippen LogP contribution in [0, 0.1) is 6.92 Å². The van der Waals surface area contributed by atoms with Crippen molar-refractivity contribution in [2.75, 3.05) is 6.61 Å². The molecule has 0 aliphatic rings. The van der Waals surface area contributed by atoms with Gasteiger partial charge in [-0.05, 0) is 45.9 Å². The molecule has 0 saturated heterocycles. The number of thiophene rings is 1. The van der Waals surface area contributed by atoms with Gasteiger partial charge in [-0.25, -0.2) is 0 Å². The number of aliphatic hydroxyl groups is 1. The molecule has 4 heteroatoms. The maximum absolute atomic E-state index is 10.0. The molecule has 2 nitrogen and oxygen atoms in total. The van der Waals surface area contributed by atoms with Crippen LogP contribution >= 0.6 is 27.3 Å². The molecule has 0 spiro atoms. The lowest BCUT2D eigenvalue weighted by Gasteiger charge is -2.11. The predicted molar refractivity (Wildman–Crippen MR) is 78.3 cm³/mol. The zero-order valence-corrected chi connectivity index (χ0v) is 12.5. The van der Waals surface area contributed by atoms with Crippen LogP contribution in [0.1, 0.15) is 23.7 Å². The van der Waals surface area contributed by atoms with Crippen LogP contribution in [0.2, 0.25) is 0 Å². The van der Waals surface area contributed by atoms with Crippen molar-refractivity contribution in [3.8, 4) is 5.75 Å². The molecule has 0 amide bonds. The minimum atomic E-state index is -0.476. The first-order valence-electron chi connectivity index (χ1n) is 5.76. The van der Waals surface area contributed by atoms with Gasteiger partial charge in [0.1, 0.15) is 5.75 Å². The molecule has 1 atom stereocenters. The van der Waals surface area contributed by atoms with Crippen LogP contribution in [0.5, 0.6) is 5.75 Å². The largest absolute Gasteiger partial charge is 0.493 e. The number of aryl methyl sites for hydroxylation is 1. The van der Waals surface area contributed by atoms with Crippen molar-refractivity contribution in [3.63, 3.8) is 0 Å². The van der Waals surface area contributed by atoms with E-state index in [9.17, 15) is 5.11 Å². The Morgan fingerprint density at radius 3 is 2.89 bits per heavy atom. The lowest BCUT2D eigenvalue weighted by Crippen LogP contribution is -2.05. The lowest BCUT2D eigenvalue weighted by atomic mass is 10.1. The summed E-state index contributed by atoms with van der Waals surface area (Å²) >= 11 is 5.00. The quantitative estimate of drug-likeness (QED) is 0.886. The number of rotatable bonds is 5. The van der Waals surface area contributed by atoms with E-state index in [1.165, 1.54) is 5.56 Å². The van der Waals surface area contributed by atoms with Crippen molar-refractivity contribution in [2.24, 2.45) is 0 Å². The van der Waals surface area contributed by atoms with Gasteiger partial charge in [0, 0.05) is 21.8 Å². The second kappa shape index (κ2) is 6.36. The first-order valence-corrected chi connectivity index (χ1v) is 7.49. The highest BCUT2D eigenvalue weighted by Gasteiger charge is 2.12. The summed E-state index contributed by atoms with van der Waals surface area (Å²) in [7, 11) is 0. The van der Waals surface area contributed by atoms with Crippen LogP contribution in [-0.2, 0) is 0 Å². The number of hydrogen-bond donors (Lipinski definition) is 1. The number of hydrogen-bond acceptors (Lipinski definition) is 3. The Balaban J connectivity index is 1.84. The third kappa shape index (κ3) is 3.57. The van der Waals surface area contributed by atoms with Gasteiger partial charge in [-0.15, -0.1) is 0 Å². The van der Waals surface area contributed by atoms with Crippen LogP contribution in [-0.4, -0.2) is 11.7 Å². The summed E-state index contributed by atoms with van der Waals surface area (Å²) in [6.07, 6.45) is 0.110. The highest BCUT2D eigenvalue weighted by Crippen LogP contribution is 2.29. The average Bonchev–Trinajstić information content (AvgIpc) is 2.75. The van der Waals surface area contributed by atoms with E-state index in [4.69, 9.17) is 4.74 Å². The molecule has 2 aromatic rings. The normalized spacial score (nSPS) is 12.4.